The lowest BCUT2D eigenvalue weighted by molar-refractivity contribution is -0.118. The number of carbonyl (C=O) groups excluding carboxylic acids is 1. The van der Waals surface area contributed by atoms with Crippen LogP contribution in [0.3, 0.4) is 0 Å². The number of unbranched alkanes of at least 4 members (excludes halogenated alkanes) is 1. The molecule has 39 heavy (non-hydrogen) atoms. The number of aromatic nitrogens is 4. The maximum atomic E-state index is 13.9. The number of benzene rings is 1. The van der Waals surface area contributed by atoms with Crippen molar-refractivity contribution in [3.05, 3.63) is 68.7 Å². The van der Waals surface area contributed by atoms with Crippen LogP contribution in [-0.2, 0) is 30.5 Å². The fraction of sp³-hybridized carbons (Fsp3) is 0.500. The molecule has 0 aliphatic carbocycles. The summed E-state index contributed by atoms with van der Waals surface area (Å²) in [6, 6.07) is 4.04. The normalized spacial score (nSPS) is 11.1. The molecule has 0 radical (unpaired) electrons. The van der Waals surface area contributed by atoms with Crippen LogP contribution in [0.25, 0.3) is 5.95 Å². The highest BCUT2D eigenvalue weighted by Gasteiger charge is 2.19. The van der Waals surface area contributed by atoms with Gasteiger partial charge in [-0.3, -0.25) is 9.59 Å². The molecule has 3 rings (SSSR count). The summed E-state index contributed by atoms with van der Waals surface area (Å²) in [7, 11) is 0. The summed E-state index contributed by atoms with van der Waals surface area (Å²) in [6.45, 7) is 8.41. The average Bonchev–Trinajstić information content (AvgIpc) is 2.90. The molecule has 2 heterocycles. The third kappa shape index (κ3) is 7.88. The molecule has 0 saturated heterocycles. The summed E-state index contributed by atoms with van der Waals surface area (Å²) < 4.78 is 7.04. The van der Waals surface area contributed by atoms with Gasteiger partial charge in [-0.1, -0.05) is 52.2 Å². The van der Waals surface area contributed by atoms with E-state index in [-0.39, 0.29) is 23.8 Å². The summed E-state index contributed by atoms with van der Waals surface area (Å²) in [5.74, 6) is 1.19. The van der Waals surface area contributed by atoms with Gasteiger partial charge in [0, 0.05) is 18.4 Å². The largest absolute Gasteiger partial charge is 0.507 e. The van der Waals surface area contributed by atoms with Crippen molar-refractivity contribution >= 4 is 5.91 Å². The second-order valence-corrected chi connectivity index (χ2v) is 9.90. The van der Waals surface area contributed by atoms with E-state index < -0.39 is 0 Å². The van der Waals surface area contributed by atoms with Crippen molar-refractivity contribution in [1.82, 2.24) is 19.5 Å². The molecule has 9 nitrogen and oxygen atoms in total. The first-order valence-electron chi connectivity index (χ1n) is 14.0. The Labute approximate surface area is 230 Å². The topological polar surface area (TPSA) is 133 Å². The molecule has 0 aliphatic rings. The number of amides is 1. The van der Waals surface area contributed by atoms with Crippen LogP contribution >= 0.6 is 0 Å². The average molecular weight is 536 g/mol. The highest BCUT2D eigenvalue weighted by Crippen LogP contribution is 2.28. The van der Waals surface area contributed by atoms with Crippen LogP contribution < -0.4 is 16.0 Å². The molecular weight excluding hydrogens is 494 g/mol. The van der Waals surface area contributed by atoms with E-state index in [1.54, 1.807) is 6.92 Å². The number of phenols is 1. The molecule has 0 spiro atoms. The predicted octanol–water partition coefficient (Wildman–Crippen LogP) is 4.52. The number of primary amides is 1. The highest BCUT2D eigenvalue weighted by molar-refractivity contribution is 5.73. The number of phenolic OH excluding ortho intramolecular Hbond substituents is 1. The lowest BCUT2D eigenvalue weighted by Crippen LogP contribution is -2.29. The van der Waals surface area contributed by atoms with E-state index in [1.165, 1.54) is 17.0 Å². The first-order chi connectivity index (χ1) is 18.8. The molecule has 9 heteroatoms. The Bertz CT molecular complexity index is 1290. The Hall–Kier alpha value is -3.75. The quantitative estimate of drug-likeness (QED) is 0.273. The van der Waals surface area contributed by atoms with Gasteiger partial charge in [-0.15, -0.1) is 0 Å². The predicted molar refractivity (Wildman–Crippen MR) is 152 cm³/mol. The van der Waals surface area contributed by atoms with Gasteiger partial charge >= 0.3 is 0 Å². The molecule has 1 aromatic carbocycles. The van der Waals surface area contributed by atoms with Crippen LogP contribution in [-0.4, -0.2) is 37.1 Å². The first kappa shape index (κ1) is 29.8. The molecule has 210 valence electrons. The molecule has 0 saturated carbocycles. The van der Waals surface area contributed by atoms with Crippen LogP contribution in [0.5, 0.6) is 11.5 Å². The Morgan fingerprint density at radius 3 is 2.21 bits per heavy atom. The van der Waals surface area contributed by atoms with E-state index >= 15 is 0 Å². The van der Waals surface area contributed by atoms with Crippen molar-refractivity contribution in [2.75, 3.05) is 6.61 Å². The Kier molecular flexibility index (Phi) is 11.0. The Balaban J connectivity index is 2.00. The molecule has 1 amide bonds. The molecule has 2 aromatic heterocycles. The summed E-state index contributed by atoms with van der Waals surface area (Å²) in [5, 5.41) is 10.8. The summed E-state index contributed by atoms with van der Waals surface area (Å²) >= 11 is 0. The molecule has 0 unspecified atom stereocenters. The fourth-order valence-corrected chi connectivity index (χ4v) is 4.68. The number of nitrogens with two attached hydrogens (primary N) is 1. The minimum absolute atomic E-state index is 0.189. The Morgan fingerprint density at radius 1 is 1.00 bits per heavy atom. The van der Waals surface area contributed by atoms with E-state index in [1.807, 2.05) is 12.1 Å². The van der Waals surface area contributed by atoms with E-state index in [2.05, 4.69) is 30.7 Å². The van der Waals surface area contributed by atoms with Gasteiger partial charge in [0.1, 0.15) is 11.6 Å². The molecule has 3 N–H and O–H groups in total. The van der Waals surface area contributed by atoms with Gasteiger partial charge in [0.15, 0.2) is 5.75 Å². The number of carbonyl (C=O) groups is 1. The summed E-state index contributed by atoms with van der Waals surface area (Å²) in [5.41, 5.74) is 9.23. The molecule has 0 bridgehead atoms. The van der Waals surface area contributed by atoms with Crippen LogP contribution in [0.2, 0.25) is 0 Å². The van der Waals surface area contributed by atoms with Crippen molar-refractivity contribution in [1.29, 1.82) is 0 Å². The molecule has 3 aromatic rings. The number of aromatic hydroxyl groups is 1. The zero-order valence-corrected chi connectivity index (χ0v) is 23.6. The van der Waals surface area contributed by atoms with Crippen molar-refractivity contribution in [2.45, 2.75) is 91.9 Å². The van der Waals surface area contributed by atoms with Gasteiger partial charge in [0.25, 0.3) is 5.56 Å². The van der Waals surface area contributed by atoms with Gasteiger partial charge in [0.2, 0.25) is 11.9 Å². The molecule has 0 aliphatic heterocycles. The number of ether oxygens (including phenoxy) is 1. The number of nitrogens with zero attached hydrogens (tertiary/aromatic N) is 4. The molecule has 0 atom stereocenters. The van der Waals surface area contributed by atoms with Gasteiger partial charge in [-0.2, -0.15) is 0 Å². The lowest BCUT2D eigenvalue weighted by Gasteiger charge is -2.16. The minimum atomic E-state index is -0.374. The standard InChI is InChI=1S/C30H41N5O4/c1-5-8-12-26-25(17-21-15-22(10-6-2)28(37)23(16-21)11-7-3)29(38)35(20(4)34-26)30-32-18-24(19-33-30)39-14-9-13-27(31)36/h15-16,18-19,37H,5-14,17H2,1-4H3,(H2,31,36). The van der Waals surface area contributed by atoms with Crippen LogP contribution in [0.4, 0.5) is 0 Å². The zero-order valence-electron chi connectivity index (χ0n) is 23.6. The van der Waals surface area contributed by atoms with Crippen molar-refractivity contribution in [2.24, 2.45) is 5.73 Å². The van der Waals surface area contributed by atoms with Gasteiger partial charge < -0.3 is 15.6 Å². The molecular formula is C30H41N5O4. The molecule has 0 fully saturated rings. The third-order valence-electron chi connectivity index (χ3n) is 6.60. The van der Waals surface area contributed by atoms with Gasteiger partial charge in [-0.05, 0) is 55.7 Å². The van der Waals surface area contributed by atoms with Gasteiger partial charge in [-0.25, -0.2) is 19.5 Å². The van der Waals surface area contributed by atoms with Gasteiger partial charge in [0.05, 0.1) is 24.7 Å². The Morgan fingerprint density at radius 2 is 1.64 bits per heavy atom. The summed E-state index contributed by atoms with van der Waals surface area (Å²) in [4.78, 5) is 38.4. The first-order valence-corrected chi connectivity index (χ1v) is 14.0. The lowest BCUT2D eigenvalue weighted by atomic mass is 9.94. The number of hydrogen-bond donors (Lipinski definition) is 2. The SMILES string of the molecule is CCCCc1nc(C)n(-c2ncc(OCCCC(N)=O)cn2)c(=O)c1Cc1cc(CCC)c(O)c(CCC)c1. The number of aryl methyl sites for hydroxylation is 4. The van der Waals surface area contributed by atoms with Crippen molar-refractivity contribution in [3.63, 3.8) is 0 Å². The monoisotopic (exact) mass is 535 g/mol. The van der Waals surface area contributed by atoms with Crippen LogP contribution in [0, 0.1) is 6.92 Å². The second-order valence-electron chi connectivity index (χ2n) is 9.90. The fourth-order valence-electron chi connectivity index (χ4n) is 4.68. The van der Waals surface area contributed by atoms with Crippen LogP contribution in [0.1, 0.15) is 93.1 Å². The van der Waals surface area contributed by atoms with Crippen molar-refractivity contribution < 1.29 is 14.6 Å². The van der Waals surface area contributed by atoms with E-state index in [4.69, 9.17) is 15.5 Å². The number of hydrogen-bond acceptors (Lipinski definition) is 7. The minimum Gasteiger partial charge on any atom is -0.507 e. The smallest absolute Gasteiger partial charge is 0.264 e. The van der Waals surface area contributed by atoms with Crippen LogP contribution in [0.15, 0.2) is 29.3 Å². The van der Waals surface area contributed by atoms with E-state index in [0.29, 0.717) is 48.8 Å². The maximum Gasteiger partial charge on any atom is 0.264 e. The highest BCUT2D eigenvalue weighted by atomic mass is 16.5. The van der Waals surface area contributed by atoms with E-state index in [9.17, 15) is 14.7 Å². The zero-order chi connectivity index (χ0) is 28.4. The van der Waals surface area contributed by atoms with Crippen molar-refractivity contribution in [3.8, 4) is 17.4 Å². The number of rotatable bonds is 15. The maximum absolute atomic E-state index is 13.9. The third-order valence-corrected chi connectivity index (χ3v) is 6.60. The summed E-state index contributed by atoms with van der Waals surface area (Å²) in [6.07, 6.45) is 10.2. The van der Waals surface area contributed by atoms with E-state index in [0.717, 1.165) is 60.9 Å². The second kappa shape index (κ2) is 14.4.